The summed E-state index contributed by atoms with van der Waals surface area (Å²) in [5, 5.41) is 3.77. The standard InChI is InChI=1S/C11H13BrClFN2/c1-7-6-15-2-3-16(7)11-9(12)4-8(14)5-10(11)13/h4-5,7,15H,2-3,6H2,1H3. The van der Waals surface area contributed by atoms with E-state index in [1.54, 1.807) is 0 Å². The van der Waals surface area contributed by atoms with Crippen molar-refractivity contribution in [3.8, 4) is 0 Å². The topological polar surface area (TPSA) is 15.3 Å². The van der Waals surface area contributed by atoms with Gasteiger partial charge in [0.1, 0.15) is 5.82 Å². The molecule has 88 valence electrons. The van der Waals surface area contributed by atoms with Gasteiger partial charge in [-0.25, -0.2) is 4.39 Å². The molecule has 0 radical (unpaired) electrons. The average Bonchev–Trinajstić information content (AvgIpc) is 2.19. The minimum Gasteiger partial charge on any atom is -0.364 e. The maximum Gasteiger partial charge on any atom is 0.125 e. The fourth-order valence-electron chi connectivity index (χ4n) is 1.98. The molecule has 1 aliphatic rings. The van der Waals surface area contributed by atoms with Gasteiger partial charge in [-0.15, -0.1) is 0 Å². The van der Waals surface area contributed by atoms with Gasteiger partial charge in [0.05, 0.1) is 10.7 Å². The summed E-state index contributed by atoms with van der Waals surface area (Å²) in [5.74, 6) is -0.316. The summed E-state index contributed by atoms with van der Waals surface area (Å²) in [7, 11) is 0. The van der Waals surface area contributed by atoms with E-state index in [1.165, 1.54) is 12.1 Å². The molecule has 1 unspecified atom stereocenters. The highest BCUT2D eigenvalue weighted by Gasteiger charge is 2.22. The molecular weight excluding hydrogens is 294 g/mol. The van der Waals surface area contributed by atoms with Crippen LogP contribution >= 0.6 is 27.5 Å². The van der Waals surface area contributed by atoms with Crippen molar-refractivity contribution in [1.82, 2.24) is 5.32 Å². The smallest absolute Gasteiger partial charge is 0.125 e. The minimum absolute atomic E-state index is 0.316. The monoisotopic (exact) mass is 306 g/mol. The molecule has 1 N–H and O–H groups in total. The number of halogens is 3. The second-order valence-corrected chi connectivity index (χ2v) is 5.23. The molecule has 5 heteroatoms. The van der Waals surface area contributed by atoms with Crippen molar-refractivity contribution in [3.63, 3.8) is 0 Å². The second-order valence-electron chi connectivity index (χ2n) is 3.96. The van der Waals surface area contributed by atoms with Gasteiger partial charge in [-0.1, -0.05) is 11.6 Å². The van der Waals surface area contributed by atoms with Crippen molar-refractivity contribution in [2.24, 2.45) is 0 Å². The van der Waals surface area contributed by atoms with Crippen molar-refractivity contribution in [2.45, 2.75) is 13.0 Å². The van der Waals surface area contributed by atoms with E-state index in [-0.39, 0.29) is 5.82 Å². The number of hydrogen-bond acceptors (Lipinski definition) is 2. The molecule has 0 amide bonds. The van der Waals surface area contributed by atoms with Gasteiger partial charge < -0.3 is 10.2 Å². The zero-order chi connectivity index (χ0) is 11.7. The summed E-state index contributed by atoms with van der Waals surface area (Å²) in [6, 6.07) is 3.17. The lowest BCUT2D eigenvalue weighted by Gasteiger charge is -2.37. The normalized spacial score (nSPS) is 21.2. The van der Waals surface area contributed by atoms with E-state index < -0.39 is 0 Å². The van der Waals surface area contributed by atoms with E-state index in [9.17, 15) is 4.39 Å². The van der Waals surface area contributed by atoms with Gasteiger partial charge in [0.25, 0.3) is 0 Å². The zero-order valence-electron chi connectivity index (χ0n) is 8.93. The largest absolute Gasteiger partial charge is 0.364 e. The fraction of sp³-hybridized carbons (Fsp3) is 0.455. The molecule has 0 bridgehead atoms. The van der Waals surface area contributed by atoms with Gasteiger partial charge >= 0.3 is 0 Å². The quantitative estimate of drug-likeness (QED) is 0.858. The molecular formula is C11H13BrClFN2. The summed E-state index contributed by atoms with van der Waals surface area (Å²) in [6.07, 6.45) is 0. The minimum atomic E-state index is -0.316. The van der Waals surface area contributed by atoms with Crippen LogP contribution in [0.3, 0.4) is 0 Å². The van der Waals surface area contributed by atoms with E-state index in [1.807, 2.05) is 0 Å². The number of nitrogens with zero attached hydrogens (tertiary/aromatic N) is 1. The number of nitrogens with one attached hydrogen (secondary N) is 1. The van der Waals surface area contributed by atoms with Gasteiger partial charge in [-0.2, -0.15) is 0 Å². The summed E-state index contributed by atoms with van der Waals surface area (Å²) < 4.78 is 13.8. The Morgan fingerprint density at radius 3 is 2.94 bits per heavy atom. The average molecular weight is 308 g/mol. The lowest BCUT2D eigenvalue weighted by atomic mass is 10.2. The highest BCUT2D eigenvalue weighted by atomic mass is 79.9. The Morgan fingerprint density at radius 2 is 2.31 bits per heavy atom. The molecule has 1 aromatic carbocycles. The van der Waals surface area contributed by atoms with Crippen LogP contribution in [0.5, 0.6) is 0 Å². The Kier molecular flexibility index (Phi) is 3.72. The van der Waals surface area contributed by atoms with Crippen LogP contribution in [0.25, 0.3) is 0 Å². The van der Waals surface area contributed by atoms with Crippen molar-refractivity contribution < 1.29 is 4.39 Å². The molecule has 1 saturated heterocycles. The van der Waals surface area contributed by atoms with Crippen LogP contribution in [-0.4, -0.2) is 25.7 Å². The lowest BCUT2D eigenvalue weighted by Crippen LogP contribution is -2.50. The van der Waals surface area contributed by atoms with Crippen LogP contribution < -0.4 is 10.2 Å². The summed E-state index contributed by atoms with van der Waals surface area (Å²) in [6.45, 7) is 4.84. The Morgan fingerprint density at radius 1 is 1.56 bits per heavy atom. The first-order chi connectivity index (χ1) is 7.59. The Balaban J connectivity index is 2.38. The Hall–Kier alpha value is -0.320. The van der Waals surface area contributed by atoms with Crippen LogP contribution in [0.1, 0.15) is 6.92 Å². The van der Waals surface area contributed by atoms with Gasteiger partial charge in [0.15, 0.2) is 0 Å². The van der Waals surface area contributed by atoms with Gasteiger partial charge in [0, 0.05) is 30.1 Å². The van der Waals surface area contributed by atoms with E-state index in [0.29, 0.717) is 15.5 Å². The first-order valence-corrected chi connectivity index (χ1v) is 6.38. The van der Waals surface area contributed by atoms with E-state index in [4.69, 9.17) is 11.6 Å². The van der Waals surface area contributed by atoms with E-state index >= 15 is 0 Å². The zero-order valence-corrected chi connectivity index (χ0v) is 11.3. The van der Waals surface area contributed by atoms with Gasteiger partial charge in [0.2, 0.25) is 0 Å². The molecule has 0 spiro atoms. The highest BCUT2D eigenvalue weighted by molar-refractivity contribution is 9.10. The molecule has 0 aliphatic carbocycles. The Labute approximate surface area is 108 Å². The number of anilines is 1. The van der Waals surface area contributed by atoms with Crippen LogP contribution in [0.4, 0.5) is 10.1 Å². The van der Waals surface area contributed by atoms with Crippen molar-refractivity contribution in [3.05, 3.63) is 27.4 Å². The summed E-state index contributed by atoms with van der Waals surface area (Å²) in [5.41, 5.74) is 0.886. The molecule has 1 heterocycles. The van der Waals surface area contributed by atoms with Crippen molar-refractivity contribution >= 4 is 33.2 Å². The number of benzene rings is 1. The third-order valence-electron chi connectivity index (χ3n) is 2.77. The SMILES string of the molecule is CC1CNCCN1c1c(Cl)cc(F)cc1Br. The van der Waals surface area contributed by atoms with Crippen LogP contribution in [0, 0.1) is 5.82 Å². The predicted molar refractivity (Wildman–Crippen MR) is 68.8 cm³/mol. The molecule has 1 aromatic rings. The molecule has 1 fully saturated rings. The maximum atomic E-state index is 13.1. The molecule has 1 aliphatic heterocycles. The van der Waals surface area contributed by atoms with Crippen LogP contribution in [0.2, 0.25) is 5.02 Å². The first kappa shape index (κ1) is 12.1. The number of hydrogen-bond donors (Lipinski definition) is 1. The van der Waals surface area contributed by atoms with Crippen molar-refractivity contribution in [2.75, 3.05) is 24.5 Å². The second kappa shape index (κ2) is 4.90. The third-order valence-corrected chi connectivity index (χ3v) is 3.66. The molecule has 0 saturated carbocycles. The molecule has 1 atom stereocenters. The fourth-order valence-corrected chi connectivity index (χ4v) is 3.07. The molecule has 2 rings (SSSR count). The third kappa shape index (κ3) is 2.34. The van der Waals surface area contributed by atoms with E-state index in [2.05, 4.69) is 33.1 Å². The summed E-state index contributed by atoms with van der Waals surface area (Å²) >= 11 is 9.48. The molecule has 2 nitrogen and oxygen atoms in total. The van der Waals surface area contributed by atoms with Gasteiger partial charge in [-0.3, -0.25) is 0 Å². The first-order valence-electron chi connectivity index (χ1n) is 5.21. The Bertz CT molecular complexity index is 377. The number of piperazine rings is 1. The van der Waals surface area contributed by atoms with Gasteiger partial charge in [-0.05, 0) is 35.0 Å². The summed E-state index contributed by atoms with van der Waals surface area (Å²) in [4.78, 5) is 2.20. The van der Waals surface area contributed by atoms with Crippen molar-refractivity contribution in [1.29, 1.82) is 0 Å². The maximum absolute atomic E-state index is 13.1. The predicted octanol–water partition coefficient (Wildman–Crippen LogP) is 3.04. The molecule has 0 aromatic heterocycles. The van der Waals surface area contributed by atoms with Crippen LogP contribution in [-0.2, 0) is 0 Å². The lowest BCUT2D eigenvalue weighted by molar-refractivity contribution is 0.500. The highest BCUT2D eigenvalue weighted by Crippen LogP contribution is 2.36. The van der Waals surface area contributed by atoms with Crippen LogP contribution in [0.15, 0.2) is 16.6 Å². The number of rotatable bonds is 1. The molecule has 16 heavy (non-hydrogen) atoms. The van der Waals surface area contributed by atoms with E-state index in [0.717, 1.165) is 25.3 Å².